The molecule has 54 valence electrons. The van der Waals surface area contributed by atoms with Crippen LogP contribution in [0.2, 0.25) is 0 Å². The molecule has 0 unspecified atom stereocenters. The van der Waals surface area contributed by atoms with Crippen molar-refractivity contribution in [2.75, 3.05) is 20.1 Å². The Hall–Kier alpha value is -0.0400. The van der Waals surface area contributed by atoms with Crippen molar-refractivity contribution < 1.29 is 0 Å². The molecule has 2 atom stereocenters. The highest BCUT2D eigenvalue weighted by Gasteiger charge is 2.19. The quantitative estimate of drug-likeness (QED) is 0.477. The summed E-state index contributed by atoms with van der Waals surface area (Å²) in [5.41, 5.74) is 0. The molecule has 1 heteroatoms. The summed E-state index contributed by atoms with van der Waals surface area (Å²) in [6.07, 6.45) is 1.39. The lowest BCUT2D eigenvalue weighted by atomic mass is 9.89. The van der Waals surface area contributed by atoms with Crippen LogP contribution in [0.1, 0.15) is 20.3 Å². The average Bonchev–Trinajstić information content (AvgIpc) is 1.80. The fraction of sp³-hybridized carbons (Fsp3) is 1.00. The molecule has 0 aromatic carbocycles. The Labute approximate surface area is 58.0 Å². The van der Waals surface area contributed by atoms with Gasteiger partial charge < -0.3 is 4.90 Å². The number of rotatable bonds is 0. The summed E-state index contributed by atoms with van der Waals surface area (Å²) in [6, 6.07) is 0. The first-order valence-electron chi connectivity index (χ1n) is 3.88. The summed E-state index contributed by atoms with van der Waals surface area (Å²) in [4.78, 5) is 2.42. The first-order valence-corrected chi connectivity index (χ1v) is 3.88. The van der Waals surface area contributed by atoms with E-state index >= 15 is 0 Å². The van der Waals surface area contributed by atoms with Crippen LogP contribution in [0.25, 0.3) is 0 Å². The summed E-state index contributed by atoms with van der Waals surface area (Å²) < 4.78 is 0. The van der Waals surface area contributed by atoms with E-state index in [2.05, 4.69) is 25.8 Å². The van der Waals surface area contributed by atoms with Crippen molar-refractivity contribution >= 4 is 0 Å². The van der Waals surface area contributed by atoms with E-state index in [1.54, 1.807) is 0 Å². The lowest BCUT2D eigenvalue weighted by Crippen LogP contribution is -2.35. The van der Waals surface area contributed by atoms with E-state index in [9.17, 15) is 0 Å². The molecule has 0 amide bonds. The lowest BCUT2D eigenvalue weighted by Gasteiger charge is -2.32. The van der Waals surface area contributed by atoms with Gasteiger partial charge in [-0.3, -0.25) is 0 Å². The minimum absolute atomic E-state index is 0.906. The SMILES string of the molecule is C[C@@H]1CCN(C)C[C@H]1C. The minimum Gasteiger partial charge on any atom is -0.306 e. The van der Waals surface area contributed by atoms with Crippen molar-refractivity contribution in [1.82, 2.24) is 4.90 Å². The molecule has 0 bridgehead atoms. The normalized spacial score (nSPS) is 39.0. The Morgan fingerprint density at radius 3 is 2.33 bits per heavy atom. The number of piperidine rings is 1. The maximum Gasteiger partial charge on any atom is 0.000652 e. The molecule has 1 nitrogen and oxygen atoms in total. The van der Waals surface area contributed by atoms with Crippen molar-refractivity contribution in [1.29, 1.82) is 0 Å². The van der Waals surface area contributed by atoms with Gasteiger partial charge in [-0.05, 0) is 31.8 Å². The highest BCUT2D eigenvalue weighted by Crippen LogP contribution is 2.20. The number of hydrogen-bond donors (Lipinski definition) is 0. The second-order valence-corrected chi connectivity index (χ2v) is 3.51. The largest absolute Gasteiger partial charge is 0.306 e. The smallest absolute Gasteiger partial charge is 0.000652 e. The summed E-state index contributed by atoms with van der Waals surface area (Å²) in [5, 5.41) is 0. The Bertz CT molecular complexity index is 90.6. The number of likely N-dealkylation sites (tertiary alicyclic amines) is 1. The van der Waals surface area contributed by atoms with E-state index in [0.717, 1.165) is 11.8 Å². The molecule has 0 spiro atoms. The van der Waals surface area contributed by atoms with Gasteiger partial charge in [0.05, 0.1) is 0 Å². The monoisotopic (exact) mass is 127 g/mol. The Morgan fingerprint density at radius 2 is 1.89 bits per heavy atom. The fourth-order valence-corrected chi connectivity index (χ4v) is 1.47. The minimum atomic E-state index is 0.906. The maximum absolute atomic E-state index is 2.42. The predicted octanol–water partition coefficient (Wildman–Crippen LogP) is 1.59. The highest BCUT2D eigenvalue weighted by atomic mass is 15.1. The van der Waals surface area contributed by atoms with E-state index in [4.69, 9.17) is 0 Å². The van der Waals surface area contributed by atoms with Gasteiger partial charge in [-0.2, -0.15) is 0 Å². The zero-order valence-corrected chi connectivity index (χ0v) is 6.72. The summed E-state index contributed by atoms with van der Waals surface area (Å²) in [5.74, 6) is 1.85. The maximum atomic E-state index is 2.42. The van der Waals surface area contributed by atoms with Gasteiger partial charge in [0.25, 0.3) is 0 Å². The molecular formula is C8H17N. The average molecular weight is 127 g/mol. The molecule has 1 fully saturated rings. The lowest BCUT2D eigenvalue weighted by molar-refractivity contribution is 0.166. The Balaban J connectivity index is 2.35. The molecule has 1 rings (SSSR count). The van der Waals surface area contributed by atoms with Gasteiger partial charge in [-0.15, -0.1) is 0 Å². The molecule has 0 aromatic rings. The van der Waals surface area contributed by atoms with Crippen LogP contribution in [-0.2, 0) is 0 Å². The Morgan fingerprint density at radius 1 is 1.22 bits per heavy atom. The zero-order chi connectivity index (χ0) is 6.85. The molecule has 0 radical (unpaired) electrons. The molecule has 0 N–H and O–H groups in total. The zero-order valence-electron chi connectivity index (χ0n) is 6.72. The van der Waals surface area contributed by atoms with Gasteiger partial charge >= 0.3 is 0 Å². The van der Waals surface area contributed by atoms with E-state index < -0.39 is 0 Å². The van der Waals surface area contributed by atoms with Gasteiger partial charge in [0.1, 0.15) is 0 Å². The van der Waals surface area contributed by atoms with Crippen molar-refractivity contribution in [3.63, 3.8) is 0 Å². The van der Waals surface area contributed by atoms with Gasteiger partial charge in [0.2, 0.25) is 0 Å². The predicted molar refractivity (Wildman–Crippen MR) is 40.4 cm³/mol. The van der Waals surface area contributed by atoms with Crippen LogP contribution in [0, 0.1) is 11.8 Å². The van der Waals surface area contributed by atoms with Crippen LogP contribution in [0.15, 0.2) is 0 Å². The van der Waals surface area contributed by atoms with Crippen molar-refractivity contribution in [2.24, 2.45) is 11.8 Å². The molecule has 1 aliphatic heterocycles. The molecule has 1 aliphatic rings. The van der Waals surface area contributed by atoms with Gasteiger partial charge in [0, 0.05) is 6.54 Å². The van der Waals surface area contributed by atoms with Crippen molar-refractivity contribution in [2.45, 2.75) is 20.3 Å². The third-order valence-electron chi connectivity index (χ3n) is 2.54. The number of hydrogen-bond acceptors (Lipinski definition) is 1. The van der Waals surface area contributed by atoms with Crippen molar-refractivity contribution in [3.05, 3.63) is 0 Å². The van der Waals surface area contributed by atoms with Crippen LogP contribution in [0.3, 0.4) is 0 Å². The van der Waals surface area contributed by atoms with E-state index in [0.29, 0.717) is 0 Å². The second-order valence-electron chi connectivity index (χ2n) is 3.51. The van der Waals surface area contributed by atoms with Gasteiger partial charge in [0.15, 0.2) is 0 Å². The molecular weight excluding hydrogens is 110 g/mol. The molecule has 1 saturated heterocycles. The van der Waals surface area contributed by atoms with Crippen LogP contribution in [-0.4, -0.2) is 25.0 Å². The van der Waals surface area contributed by atoms with Gasteiger partial charge in [-0.1, -0.05) is 13.8 Å². The first-order chi connectivity index (χ1) is 4.20. The molecule has 1 heterocycles. The number of nitrogens with zero attached hydrogens (tertiary/aromatic N) is 1. The topological polar surface area (TPSA) is 3.24 Å². The first kappa shape index (κ1) is 7.07. The van der Waals surface area contributed by atoms with Crippen LogP contribution >= 0.6 is 0 Å². The second kappa shape index (κ2) is 2.70. The highest BCUT2D eigenvalue weighted by molar-refractivity contribution is 4.72. The van der Waals surface area contributed by atoms with E-state index in [1.807, 2.05) is 0 Å². The van der Waals surface area contributed by atoms with E-state index in [1.165, 1.54) is 19.5 Å². The molecule has 0 saturated carbocycles. The summed E-state index contributed by atoms with van der Waals surface area (Å²) in [6.45, 7) is 7.30. The molecule has 0 aromatic heterocycles. The van der Waals surface area contributed by atoms with E-state index in [-0.39, 0.29) is 0 Å². The third kappa shape index (κ3) is 1.68. The van der Waals surface area contributed by atoms with Gasteiger partial charge in [-0.25, -0.2) is 0 Å². The third-order valence-corrected chi connectivity index (χ3v) is 2.54. The van der Waals surface area contributed by atoms with Crippen LogP contribution in [0.4, 0.5) is 0 Å². The molecule has 9 heavy (non-hydrogen) atoms. The fourth-order valence-electron chi connectivity index (χ4n) is 1.47. The van der Waals surface area contributed by atoms with Crippen LogP contribution < -0.4 is 0 Å². The van der Waals surface area contributed by atoms with Crippen LogP contribution in [0.5, 0.6) is 0 Å². The Kier molecular flexibility index (Phi) is 2.12. The summed E-state index contributed by atoms with van der Waals surface area (Å²) >= 11 is 0. The summed E-state index contributed by atoms with van der Waals surface area (Å²) in [7, 11) is 2.21. The standard InChI is InChI=1S/C8H17N/c1-7-4-5-9(3)6-8(7)2/h7-8H,4-6H2,1-3H3/t7-,8-/m1/s1. The van der Waals surface area contributed by atoms with Crippen molar-refractivity contribution in [3.8, 4) is 0 Å². The molecule has 0 aliphatic carbocycles.